The highest BCUT2D eigenvalue weighted by atomic mass is 16.5. The minimum atomic E-state index is 0.156. The van der Waals surface area contributed by atoms with E-state index in [0.29, 0.717) is 6.10 Å². The number of aryl methyl sites for hydroxylation is 1. The lowest BCUT2D eigenvalue weighted by atomic mass is 9.99. The molecule has 1 saturated carbocycles. The van der Waals surface area contributed by atoms with Crippen molar-refractivity contribution in [3.63, 3.8) is 0 Å². The van der Waals surface area contributed by atoms with Gasteiger partial charge < -0.3 is 9.30 Å². The van der Waals surface area contributed by atoms with Gasteiger partial charge in [0.2, 0.25) is 0 Å². The summed E-state index contributed by atoms with van der Waals surface area (Å²) in [6, 6.07) is 9.77. The van der Waals surface area contributed by atoms with Crippen molar-refractivity contribution in [1.29, 1.82) is 0 Å². The van der Waals surface area contributed by atoms with Crippen LogP contribution in [0.2, 0.25) is 0 Å². The summed E-state index contributed by atoms with van der Waals surface area (Å²) in [7, 11) is 0. The highest BCUT2D eigenvalue weighted by Crippen LogP contribution is 2.38. The van der Waals surface area contributed by atoms with Gasteiger partial charge in [0.1, 0.15) is 0 Å². The van der Waals surface area contributed by atoms with Crippen LogP contribution in [0.4, 0.5) is 0 Å². The fourth-order valence-electron chi connectivity index (χ4n) is 5.57. The zero-order valence-electron chi connectivity index (χ0n) is 17.7. The topological polar surface area (TPSA) is 34.5 Å². The maximum absolute atomic E-state index is 12.0. The van der Waals surface area contributed by atoms with Gasteiger partial charge in [0.05, 0.1) is 6.10 Å². The number of nitrogens with zero attached hydrogens (tertiary/aromatic N) is 2. The average Bonchev–Trinajstić information content (AvgIpc) is 3.43. The minimum Gasteiger partial charge on any atom is -0.378 e. The van der Waals surface area contributed by atoms with Crippen molar-refractivity contribution in [1.82, 2.24) is 9.47 Å². The van der Waals surface area contributed by atoms with E-state index in [9.17, 15) is 4.79 Å². The lowest BCUT2D eigenvalue weighted by molar-refractivity contribution is -0.0241. The van der Waals surface area contributed by atoms with E-state index < -0.39 is 0 Å². The van der Waals surface area contributed by atoms with E-state index in [1.165, 1.54) is 57.0 Å². The summed E-state index contributed by atoms with van der Waals surface area (Å²) in [6.07, 6.45) is 12.9. The third kappa shape index (κ3) is 4.15. The molecule has 2 bridgehead atoms. The Labute approximate surface area is 174 Å². The number of ketones is 1. The molecule has 2 aliphatic heterocycles. The van der Waals surface area contributed by atoms with Crippen LogP contribution in [0.1, 0.15) is 68.6 Å². The monoisotopic (exact) mass is 394 g/mol. The van der Waals surface area contributed by atoms with E-state index in [1.807, 2.05) is 6.07 Å². The third-order valence-electron chi connectivity index (χ3n) is 7.34. The van der Waals surface area contributed by atoms with Crippen molar-refractivity contribution in [3.05, 3.63) is 36.0 Å². The number of hydrogen-bond donors (Lipinski definition) is 0. The number of benzene rings is 1. The molecule has 4 nitrogen and oxygen atoms in total. The van der Waals surface area contributed by atoms with E-state index in [2.05, 4.69) is 33.9 Å². The second-order valence-corrected chi connectivity index (χ2v) is 9.51. The maximum Gasteiger partial charge on any atom is 0.161 e. The normalized spacial score (nSPS) is 27.0. The molecule has 5 rings (SSSR count). The summed E-state index contributed by atoms with van der Waals surface area (Å²) in [5.41, 5.74) is 2.04. The Morgan fingerprint density at radius 1 is 1.03 bits per heavy atom. The van der Waals surface area contributed by atoms with Crippen LogP contribution in [-0.4, -0.2) is 46.6 Å². The SMILES string of the molecule is CC(=O)c1cn(CCCCN2C3CCC2CC(OCC2CC2)C3)c2ccccc12. The van der Waals surface area contributed by atoms with E-state index in [-0.39, 0.29) is 5.78 Å². The molecule has 0 spiro atoms. The molecule has 3 aliphatic rings. The summed E-state index contributed by atoms with van der Waals surface area (Å²) in [4.78, 5) is 14.8. The van der Waals surface area contributed by atoms with E-state index in [0.717, 1.165) is 48.5 Å². The smallest absolute Gasteiger partial charge is 0.161 e. The summed E-state index contributed by atoms with van der Waals surface area (Å²) in [5, 5.41) is 1.09. The molecule has 2 aromatic rings. The Morgan fingerprint density at radius 2 is 1.76 bits per heavy atom. The second-order valence-electron chi connectivity index (χ2n) is 9.51. The first kappa shape index (κ1) is 19.3. The van der Waals surface area contributed by atoms with Crippen molar-refractivity contribution in [2.45, 2.75) is 83.0 Å². The molecule has 4 heteroatoms. The zero-order valence-corrected chi connectivity index (χ0v) is 17.7. The number of unbranched alkanes of at least 4 members (excludes halogenated alkanes) is 1. The number of carbonyl (C=O) groups is 1. The number of carbonyl (C=O) groups excluding carboxylic acids is 1. The molecule has 3 heterocycles. The predicted molar refractivity (Wildman–Crippen MR) is 116 cm³/mol. The van der Waals surface area contributed by atoms with Crippen LogP contribution in [0.15, 0.2) is 30.5 Å². The van der Waals surface area contributed by atoms with Crippen molar-refractivity contribution >= 4 is 16.7 Å². The van der Waals surface area contributed by atoms with Gasteiger partial charge in [-0.2, -0.15) is 0 Å². The van der Waals surface area contributed by atoms with Crippen LogP contribution in [0.5, 0.6) is 0 Å². The van der Waals surface area contributed by atoms with Crippen molar-refractivity contribution in [3.8, 4) is 0 Å². The van der Waals surface area contributed by atoms with Gasteiger partial charge in [-0.05, 0) is 76.8 Å². The Kier molecular flexibility index (Phi) is 5.49. The van der Waals surface area contributed by atoms with Gasteiger partial charge in [0, 0.05) is 47.9 Å². The molecule has 1 aromatic carbocycles. The number of rotatable bonds is 9. The van der Waals surface area contributed by atoms with Crippen LogP contribution in [0, 0.1) is 5.92 Å². The number of piperidine rings is 1. The fraction of sp³-hybridized carbons (Fsp3) is 0.640. The fourth-order valence-corrected chi connectivity index (χ4v) is 5.57. The number of aromatic nitrogens is 1. The summed E-state index contributed by atoms with van der Waals surface area (Å²) in [5.74, 6) is 1.03. The van der Waals surface area contributed by atoms with Crippen LogP contribution in [0.3, 0.4) is 0 Å². The number of para-hydroxylation sites is 1. The zero-order chi connectivity index (χ0) is 19.8. The van der Waals surface area contributed by atoms with Gasteiger partial charge in [-0.25, -0.2) is 0 Å². The average molecular weight is 395 g/mol. The first-order valence-electron chi connectivity index (χ1n) is 11.6. The number of hydrogen-bond acceptors (Lipinski definition) is 3. The van der Waals surface area contributed by atoms with E-state index in [1.54, 1.807) is 6.92 Å². The maximum atomic E-state index is 12.0. The molecule has 2 saturated heterocycles. The van der Waals surface area contributed by atoms with Gasteiger partial charge in [0.15, 0.2) is 5.78 Å². The quantitative estimate of drug-likeness (QED) is 0.441. The molecule has 1 aromatic heterocycles. The Bertz CT molecular complexity index is 855. The molecule has 2 atom stereocenters. The number of Topliss-reactive ketones (excluding diaryl/α,β-unsaturated/α-hetero) is 1. The third-order valence-corrected chi connectivity index (χ3v) is 7.34. The molecular formula is C25H34N2O2. The number of fused-ring (bicyclic) bond motifs is 3. The first-order valence-corrected chi connectivity index (χ1v) is 11.6. The Hall–Kier alpha value is -1.65. The van der Waals surface area contributed by atoms with Crippen LogP contribution >= 0.6 is 0 Å². The van der Waals surface area contributed by atoms with Gasteiger partial charge in [0.25, 0.3) is 0 Å². The highest BCUT2D eigenvalue weighted by Gasteiger charge is 2.41. The second kappa shape index (κ2) is 8.23. The highest BCUT2D eigenvalue weighted by molar-refractivity contribution is 6.06. The molecule has 29 heavy (non-hydrogen) atoms. The standard InChI is InChI=1S/C25H34N2O2/c1-18(28)24-16-26(25-7-3-2-6-23(24)25)12-4-5-13-27-20-10-11-21(27)15-22(14-20)29-17-19-8-9-19/h2-3,6-7,16,19-22H,4-5,8-15,17H2,1H3. The lowest BCUT2D eigenvalue weighted by Crippen LogP contribution is -2.45. The molecule has 3 fully saturated rings. The molecule has 1 aliphatic carbocycles. The van der Waals surface area contributed by atoms with Crippen molar-refractivity contribution < 1.29 is 9.53 Å². The van der Waals surface area contributed by atoms with Crippen molar-refractivity contribution in [2.75, 3.05) is 13.2 Å². The summed E-state index contributed by atoms with van der Waals surface area (Å²) in [6.45, 7) is 4.88. The first-order chi connectivity index (χ1) is 14.2. The summed E-state index contributed by atoms with van der Waals surface area (Å²) < 4.78 is 8.50. The lowest BCUT2D eigenvalue weighted by Gasteiger charge is -2.39. The molecule has 2 unspecified atom stereocenters. The largest absolute Gasteiger partial charge is 0.378 e. The van der Waals surface area contributed by atoms with Gasteiger partial charge in [-0.15, -0.1) is 0 Å². The molecule has 0 amide bonds. The molecule has 0 N–H and O–H groups in total. The molecular weight excluding hydrogens is 360 g/mol. The van der Waals surface area contributed by atoms with Crippen molar-refractivity contribution in [2.24, 2.45) is 5.92 Å². The Balaban J connectivity index is 1.13. The van der Waals surface area contributed by atoms with Gasteiger partial charge in [-0.1, -0.05) is 18.2 Å². The van der Waals surface area contributed by atoms with Gasteiger partial charge >= 0.3 is 0 Å². The van der Waals surface area contributed by atoms with Crippen LogP contribution in [0.25, 0.3) is 10.9 Å². The van der Waals surface area contributed by atoms with Crippen LogP contribution in [-0.2, 0) is 11.3 Å². The van der Waals surface area contributed by atoms with E-state index in [4.69, 9.17) is 4.74 Å². The predicted octanol–water partition coefficient (Wildman–Crippen LogP) is 5.05. The molecule has 156 valence electrons. The Morgan fingerprint density at radius 3 is 2.48 bits per heavy atom. The number of ether oxygens (including phenoxy) is 1. The van der Waals surface area contributed by atoms with Crippen LogP contribution < -0.4 is 0 Å². The minimum absolute atomic E-state index is 0.156. The molecule has 0 radical (unpaired) electrons. The van der Waals surface area contributed by atoms with Gasteiger partial charge in [-0.3, -0.25) is 9.69 Å². The summed E-state index contributed by atoms with van der Waals surface area (Å²) >= 11 is 0. The van der Waals surface area contributed by atoms with E-state index >= 15 is 0 Å².